The van der Waals surface area contributed by atoms with Crippen molar-refractivity contribution >= 4 is 5.91 Å². The van der Waals surface area contributed by atoms with Gasteiger partial charge in [0.1, 0.15) is 0 Å². The lowest BCUT2D eigenvalue weighted by Gasteiger charge is -2.05. The Morgan fingerprint density at radius 3 is 2.88 bits per heavy atom. The van der Waals surface area contributed by atoms with Crippen LogP contribution in [0.15, 0.2) is 29.0 Å². The van der Waals surface area contributed by atoms with Gasteiger partial charge in [-0.25, -0.2) is 9.67 Å². The Bertz CT molecular complexity index is 924. The molecule has 1 fully saturated rings. The van der Waals surface area contributed by atoms with Crippen molar-refractivity contribution in [2.45, 2.75) is 45.6 Å². The molecular formula is C18H20N6O2. The van der Waals surface area contributed by atoms with Gasteiger partial charge >= 0.3 is 0 Å². The molecule has 0 radical (unpaired) electrons. The minimum absolute atomic E-state index is 0.0813. The number of carbonyl (C=O) groups excluding carboxylic acids is 1. The molecule has 0 spiro atoms. The zero-order valence-electron chi connectivity index (χ0n) is 14.8. The molecule has 1 saturated carbocycles. The van der Waals surface area contributed by atoms with Crippen LogP contribution in [0.4, 0.5) is 0 Å². The van der Waals surface area contributed by atoms with E-state index in [0.717, 1.165) is 36.9 Å². The molecule has 1 N–H and O–H groups in total. The number of rotatable bonds is 6. The zero-order chi connectivity index (χ0) is 18.1. The third-order valence-electron chi connectivity index (χ3n) is 4.32. The van der Waals surface area contributed by atoms with E-state index in [-0.39, 0.29) is 5.91 Å². The highest BCUT2D eigenvalue weighted by molar-refractivity contribution is 5.95. The van der Waals surface area contributed by atoms with Crippen LogP contribution in [0.25, 0.3) is 17.3 Å². The van der Waals surface area contributed by atoms with Gasteiger partial charge in [-0.1, -0.05) is 12.1 Å². The van der Waals surface area contributed by atoms with E-state index in [2.05, 4.69) is 32.5 Å². The molecule has 1 aliphatic carbocycles. The van der Waals surface area contributed by atoms with Crippen LogP contribution < -0.4 is 5.32 Å². The Hall–Kier alpha value is -3.03. The monoisotopic (exact) mass is 352 g/mol. The predicted molar refractivity (Wildman–Crippen MR) is 93.9 cm³/mol. The summed E-state index contributed by atoms with van der Waals surface area (Å²) in [5.41, 5.74) is 2.08. The first-order chi connectivity index (χ1) is 12.7. The van der Waals surface area contributed by atoms with Crippen LogP contribution in [-0.4, -0.2) is 36.9 Å². The second-order valence-corrected chi connectivity index (χ2v) is 6.47. The van der Waals surface area contributed by atoms with Gasteiger partial charge in [0.15, 0.2) is 11.6 Å². The van der Waals surface area contributed by atoms with E-state index in [0.29, 0.717) is 29.1 Å². The van der Waals surface area contributed by atoms with Gasteiger partial charge in [0.05, 0.1) is 23.0 Å². The Morgan fingerprint density at radius 2 is 2.19 bits per heavy atom. The first-order valence-electron chi connectivity index (χ1n) is 8.80. The number of hydrogen-bond donors (Lipinski definition) is 1. The second-order valence-electron chi connectivity index (χ2n) is 6.47. The molecule has 1 amide bonds. The van der Waals surface area contributed by atoms with Crippen LogP contribution in [-0.2, 0) is 6.42 Å². The predicted octanol–water partition coefficient (Wildman–Crippen LogP) is 2.47. The minimum Gasteiger partial charge on any atom is -0.349 e. The molecular weight excluding hydrogens is 332 g/mol. The summed E-state index contributed by atoms with van der Waals surface area (Å²) in [6.07, 6.45) is 7.11. The van der Waals surface area contributed by atoms with Crippen molar-refractivity contribution in [2.75, 3.05) is 0 Å². The summed E-state index contributed by atoms with van der Waals surface area (Å²) >= 11 is 0. The van der Waals surface area contributed by atoms with E-state index in [1.165, 1.54) is 0 Å². The molecule has 3 heterocycles. The van der Waals surface area contributed by atoms with E-state index >= 15 is 0 Å². The molecule has 0 aliphatic heterocycles. The van der Waals surface area contributed by atoms with Crippen molar-refractivity contribution in [1.29, 1.82) is 0 Å². The molecule has 1 aliphatic rings. The third kappa shape index (κ3) is 3.22. The van der Waals surface area contributed by atoms with Crippen molar-refractivity contribution in [3.63, 3.8) is 0 Å². The van der Waals surface area contributed by atoms with Crippen LogP contribution in [0.2, 0.25) is 0 Å². The summed E-state index contributed by atoms with van der Waals surface area (Å²) in [5.74, 6) is 1.70. The number of carbonyl (C=O) groups is 1. The molecule has 4 rings (SSSR count). The number of amides is 1. The average molecular weight is 352 g/mol. The fourth-order valence-corrected chi connectivity index (χ4v) is 2.69. The Morgan fingerprint density at radius 1 is 1.35 bits per heavy atom. The summed E-state index contributed by atoms with van der Waals surface area (Å²) in [7, 11) is 0. The van der Waals surface area contributed by atoms with Gasteiger partial charge in [-0.2, -0.15) is 10.1 Å². The first kappa shape index (κ1) is 16.4. The van der Waals surface area contributed by atoms with Gasteiger partial charge in [0, 0.05) is 18.7 Å². The molecule has 0 atom stereocenters. The number of nitrogens with one attached hydrogen (secondary N) is 1. The van der Waals surface area contributed by atoms with E-state index in [9.17, 15) is 4.79 Å². The summed E-state index contributed by atoms with van der Waals surface area (Å²) in [4.78, 5) is 21.0. The molecule has 134 valence electrons. The Labute approximate surface area is 150 Å². The Kier molecular flexibility index (Phi) is 4.24. The molecule has 8 nitrogen and oxygen atoms in total. The van der Waals surface area contributed by atoms with Crippen LogP contribution in [0, 0.1) is 6.92 Å². The minimum atomic E-state index is -0.0813. The van der Waals surface area contributed by atoms with Gasteiger partial charge in [-0.05, 0) is 38.3 Å². The summed E-state index contributed by atoms with van der Waals surface area (Å²) < 4.78 is 6.93. The summed E-state index contributed by atoms with van der Waals surface area (Å²) in [6, 6.07) is 3.99. The van der Waals surface area contributed by atoms with Crippen molar-refractivity contribution < 1.29 is 9.32 Å². The van der Waals surface area contributed by atoms with E-state index in [4.69, 9.17) is 4.52 Å². The highest BCUT2D eigenvalue weighted by Crippen LogP contribution is 2.21. The van der Waals surface area contributed by atoms with Crippen molar-refractivity contribution in [3.8, 4) is 17.3 Å². The number of hydrogen-bond acceptors (Lipinski definition) is 6. The molecule has 8 heteroatoms. The summed E-state index contributed by atoms with van der Waals surface area (Å²) in [5, 5.41) is 11.2. The molecule has 0 unspecified atom stereocenters. The second kappa shape index (κ2) is 6.70. The maximum Gasteiger partial charge on any atom is 0.259 e. The third-order valence-corrected chi connectivity index (χ3v) is 4.32. The van der Waals surface area contributed by atoms with Crippen LogP contribution in [0.1, 0.15) is 48.1 Å². The lowest BCUT2D eigenvalue weighted by Crippen LogP contribution is -2.25. The molecule has 0 bridgehead atoms. The van der Waals surface area contributed by atoms with E-state index < -0.39 is 0 Å². The molecule has 26 heavy (non-hydrogen) atoms. The quantitative estimate of drug-likeness (QED) is 0.732. The van der Waals surface area contributed by atoms with Gasteiger partial charge < -0.3 is 9.84 Å². The van der Waals surface area contributed by atoms with Crippen LogP contribution in [0.5, 0.6) is 0 Å². The van der Waals surface area contributed by atoms with Gasteiger partial charge in [-0.15, -0.1) is 0 Å². The van der Waals surface area contributed by atoms with Gasteiger partial charge in [0.25, 0.3) is 11.8 Å². The normalized spacial score (nSPS) is 13.8. The van der Waals surface area contributed by atoms with Crippen LogP contribution >= 0.6 is 0 Å². The maximum absolute atomic E-state index is 12.2. The fraction of sp³-hybridized carbons (Fsp3) is 0.389. The largest absolute Gasteiger partial charge is 0.349 e. The SMILES string of the molecule is CCCc1noc(-c2ccc(-n3ncc(C(=O)NC4CC4)c3C)nc2)n1. The van der Waals surface area contributed by atoms with Crippen molar-refractivity contribution in [1.82, 2.24) is 30.2 Å². The van der Waals surface area contributed by atoms with Crippen LogP contribution in [0.3, 0.4) is 0 Å². The van der Waals surface area contributed by atoms with Gasteiger partial charge in [0.2, 0.25) is 0 Å². The lowest BCUT2D eigenvalue weighted by atomic mass is 10.2. The highest BCUT2D eigenvalue weighted by Gasteiger charge is 2.25. The average Bonchev–Trinajstić information content (AvgIpc) is 3.18. The fourth-order valence-electron chi connectivity index (χ4n) is 2.69. The standard InChI is InChI=1S/C18H20N6O2/c1-3-4-15-22-18(26-23-15)12-5-8-16(19-9-12)24-11(2)14(10-20-24)17(25)21-13-6-7-13/h5,8-10,13H,3-4,6-7H2,1-2H3,(H,21,25). The number of pyridine rings is 1. The van der Waals surface area contributed by atoms with E-state index in [1.54, 1.807) is 17.1 Å². The topological polar surface area (TPSA) is 98.7 Å². The maximum atomic E-state index is 12.2. The number of nitrogens with zero attached hydrogens (tertiary/aromatic N) is 5. The smallest absolute Gasteiger partial charge is 0.259 e. The molecule has 3 aromatic heterocycles. The summed E-state index contributed by atoms with van der Waals surface area (Å²) in [6.45, 7) is 3.93. The van der Waals surface area contributed by atoms with Crippen molar-refractivity contribution in [3.05, 3.63) is 41.6 Å². The number of aromatic nitrogens is 5. The van der Waals surface area contributed by atoms with Gasteiger partial charge in [-0.3, -0.25) is 4.79 Å². The zero-order valence-corrected chi connectivity index (χ0v) is 14.8. The highest BCUT2D eigenvalue weighted by atomic mass is 16.5. The molecule has 3 aromatic rings. The number of aryl methyl sites for hydroxylation is 1. The first-order valence-corrected chi connectivity index (χ1v) is 8.80. The van der Waals surface area contributed by atoms with E-state index in [1.807, 2.05) is 19.1 Å². The van der Waals surface area contributed by atoms with Crippen molar-refractivity contribution in [2.24, 2.45) is 0 Å². The Balaban J connectivity index is 1.54. The molecule has 0 aromatic carbocycles. The molecule has 0 saturated heterocycles. The lowest BCUT2D eigenvalue weighted by molar-refractivity contribution is 0.0950.